The molecule has 0 radical (unpaired) electrons. The lowest BCUT2D eigenvalue weighted by Crippen LogP contribution is -2.34. The quantitative estimate of drug-likeness (QED) is 0.0327. The number of terminal acetylenes is 3. The molecule has 111 heavy (non-hydrogen) atoms. The zero-order valence-corrected chi connectivity index (χ0v) is 68.0. The lowest BCUT2D eigenvalue weighted by Gasteiger charge is -2.30. The molecule has 602 valence electrons. The minimum absolute atomic E-state index is 0. The molecule has 20 nitrogen and oxygen atoms in total. The second-order valence-electron chi connectivity index (χ2n) is 33.1. The Morgan fingerprint density at radius 1 is 0.378 bits per heavy atom. The molecule has 4 saturated carbocycles. The summed E-state index contributed by atoms with van der Waals surface area (Å²) in [5, 5.41) is 44.8. The third-order valence-electron chi connectivity index (χ3n) is 23.7. The van der Waals surface area contributed by atoms with Crippen LogP contribution in [0.2, 0.25) is 0 Å². The number of piperidine rings is 4. The second-order valence-corrected chi connectivity index (χ2v) is 33.1. The Morgan fingerprint density at radius 3 is 0.874 bits per heavy atom. The number of hydrogen-bond donors (Lipinski definition) is 3. The monoisotopic (exact) mass is 1560 g/mol. The molecular formula is C89H122Cl2N10O10. The summed E-state index contributed by atoms with van der Waals surface area (Å²) in [5.74, 6) is 17.4. The summed E-state index contributed by atoms with van der Waals surface area (Å²) in [7, 11) is 8.31. The van der Waals surface area contributed by atoms with E-state index in [1.54, 1.807) is 0 Å². The molecule has 22 heteroatoms. The summed E-state index contributed by atoms with van der Waals surface area (Å²) in [4.78, 5) is 11.4. The van der Waals surface area contributed by atoms with Gasteiger partial charge in [0.05, 0.1) is 104 Å². The number of likely N-dealkylation sites (tertiary alicyclic amines) is 3. The van der Waals surface area contributed by atoms with Crippen LogP contribution in [0.25, 0.3) is 43.9 Å². The molecule has 8 aliphatic rings. The van der Waals surface area contributed by atoms with E-state index in [1.165, 1.54) is 103 Å². The predicted molar refractivity (Wildman–Crippen MR) is 443 cm³/mol. The van der Waals surface area contributed by atoms with E-state index in [9.17, 15) is 10.2 Å². The molecule has 4 saturated heterocycles. The Kier molecular flexibility index (Phi) is 32.3. The van der Waals surface area contributed by atoms with E-state index in [2.05, 4.69) is 121 Å². The van der Waals surface area contributed by atoms with Gasteiger partial charge in [-0.1, -0.05) is 38.4 Å². The zero-order chi connectivity index (χ0) is 75.4. The summed E-state index contributed by atoms with van der Waals surface area (Å²) < 4.78 is 46.9. The van der Waals surface area contributed by atoms with E-state index in [1.807, 2.05) is 24.3 Å². The van der Waals surface area contributed by atoms with E-state index in [0.29, 0.717) is 28.9 Å². The Hall–Kier alpha value is -7.10. The maximum atomic E-state index is 9.82. The number of nitrogens with one attached hydrogen (secondary N) is 1. The number of fused-ring (bicyclic) bond motifs is 4. The van der Waals surface area contributed by atoms with Gasteiger partial charge in [-0.25, -0.2) is 0 Å². The number of aliphatic hydroxyl groups is 2. The summed E-state index contributed by atoms with van der Waals surface area (Å²) >= 11 is 0. The van der Waals surface area contributed by atoms with E-state index >= 15 is 0 Å². The van der Waals surface area contributed by atoms with Crippen LogP contribution < -0.4 is 24.3 Å². The normalized spacial score (nSPS) is 18.3. The number of aromatic nitrogens is 4. The molecule has 4 aromatic heterocycles. The summed E-state index contributed by atoms with van der Waals surface area (Å²) in [6, 6.07) is 16.5. The Bertz CT molecular complexity index is 4170. The minimum atomic E-state index is -0.0976. The molecular weight excluding hydrogens is 1440 g/mol. The number of nitrogens with zero attached hydrogens (tertiary/aromatic N) is 9. The molecule has 8 heterocycles. The van der Waals surface area contributed by atoms with Gasteiger partial charge in [-0.15, -0.1) is 44.1 Å². The first-order chi connectivity index (χ1) is 53.4. The van der Waals surface area contributed by atoms with Gasteiger partial charge < -0.3 is 62.4 Å². The number of benzene rings is 4. The minimum Gasteiger partial charge on any atom is -0.493 e. The fourth-order valence-electron chi connectivity index (χ4n) is 16.0. The Labute approximate surface area is 670 Å². The number of hydrogen-bond acceptors (Lipinski definition) is 20. The van der Waals surface area contributed by atoms with Crippen LogP contribution in [-0.2, 0) is 52.0 Å². The predicted octanol–water partition coefficient (Wildman–Crippen LogP) is 15.2. The molecule has 0 spiro atoms. The number of aliphatic hydroxyl groups excluding tert-OH is 2. The third-order valence-corrected chi connectivity index (χ3v) is 23.7. The molecule has 8 aromatic rings. The third kappa shape index (κ3) is 24.2. The van der Waals surface area contributed by atoms with Crippen molar-refractivity contribution in [3.63, 3.8) is 0 Å². The highest BCUT2D eigenvalue weighted by Gasteiger charge is 2.31. The number of aryl methyl sites for hydroxylation is 4. The van der Waals surface area contributed by atoms with Crippen molar-refractivity contribution in [3.8, 4) is 60.0 Å². The van der Waals surface area contributed by atoms with Crippen molar-refractivity contribution in [2.24, 2.45) is 47.3 Å². The molecule has 0 atom stereocenters. The van der Waals surface area contributed by atoms with Crippen molar-refractivity contribution in [1.29, 1.82) is 0 Å². The molecule has 16 rings (SSSR count). The highest BCUT2D eigenvalue weighted by atomic mass is 35.5. The average molecular weight is 1560 g/mol. The van der Waals surface area contributed by atoms with Gasteiger partial charge in [0.2, 0.25) is 0 Å². The number of halogens is 2. The molecule has 0 bridgehead atoms. The lowest BCUT2D eigenvalue weighted by molar-refractivity contribution is 0.197. The van der Waals surface area contributed by atoms with Crippen molar-refractivity contribution in [2.45, 2.75) is 180 Å². The summed E-state index contributed by atoms with van der Waals surface area (Å²) in [5.41, 5.74) is 11.0. The molecule has 4 aromatic carbocycles. The van der Waals surface area contributed by atoms with Crippen LogP contribution in [0.3, 0.4) is 0 Å². The number of ether oxygens (including phenoxy) is 4. The van der Waals surface area contributed by atoms with Crippen LogP contribution in [-0.4, -0.2) is 182 Å². The first-order valence-corrected chi connectivity index (χ1v) is 41.2. The fraction of sp³-hybridized carbons (Fsp3) is 0.618. The standard InChI is InChI=1S/2C24H33N3O2.C22H28N2O3.C19H26N2O3.2ClH/c2*1-4-13-27-14-11-18(12-15-27)7-9-22-20-8-10-23(28-17-19-5-6-19)21(16-26(2)3)24(20)29-25-22;1-2-11-24-12-9-16(10-13-24)5-7-20-18-6-8-21(26-15-17-3-4-17)19(14-25)22(18)27-23-20;22-11-16-18(23-12-14-1-2-14)6-4-15-17(21-24-19(15)16)5-3-13-7-9-20-10-8-13;;/h2*1,8,10,18-19H,5-7,9,11-17H2,2-3H3;1,6,8,16-17,25H,3-5,7,9-15H2;4,6,13-14,20,22H,1-3,5,7-12H2;2*1H. The molecule has 4 aliphatic carbocycles. The topological polar surface area (TPSA) is 210 Å². The molecule has 4 aliphatic heterocycles. The SMILES string of the molecule is C#CCN1CCC(CCc2noc3c(CN(C)C)c(OCC4CC4)ccc23)CC1.C#CCN1CCC(CCc2noc3c(CN(C)C)c(OCC4CC4)ccc23)CC1.C#CCN1CCC(CCc2noc3c(CO)c(OCC4CC4)ccc23)CC1.Cl.Cl.OCc1c(OCC2CC2)ccc2c(CCC3CCNCC3)noc12. The largest absolute Gasteiger partial charge is 0.493 e. The van der Waals surface area contributed by atoms with Gasteiger partial charge >= 0.3 is 0 Å². The first kappa shape index (κ1) is 84.8. The molecule has 0 amide bonds. The first-order valence-electron chi connectivity index (χ1n) is 41.2. The average Bonchev–Trinajstić information content (AvgIpc) is 1.68. The highest BCUT2D eigenvalue weighted by Crippen LogP contribution is 2.41. The Balaban J connectivity index is 0.000000146. The lowest BCUT2D eigenvalue weighted by atomic mass is 9.91. The number of rotatable bonds is 33. The summed E-state index contributed by atoms with van der Waals surface area (Å²) in [6.07, 6.45) is 44.6. The summed E-state index contributed by atoms with van der Waals surface area (Å²) in [6.45, 7) is 15.7. The van der Waals surface area contributed by atoms with E-state index in [-0.39, 0.29) is 38.0 Å². The van der Waals surface area contributed by atoms with Crippen LogP contribution in [0, 0.1) is 84.4 Å². The zero-order valence-electron chi connectivity index (χ0n) is 66.4. The fourth-order valence-corrected chi connectivity index (χ4v) is 16.0. The van der Waals surface area contributed by atoms with Crippen LogP contribution >= 0.6 is 24.8 Å². The van der Waals surface area contributed by atoms with Crippen molar-refractivity contribution >= 4 is 68.7 Å². The Morgan fingerprint density at radius 2 is 0.631 bits per heavy atom. The van der Waals surface area contributed by atoms with Gasteiger partial charge in [-0.2, -0.15) is 0 Å². The van der Waals surface area contributed by atoms with Crippen molar-refractivity contribution in [1.82, 2.24) is 50.4 Å². The van der Waals surface area contributed by atoms with Crippen LogP contribution in [0.4, 0.5) is 0 Å². The van der Waals surface area contributed by atoms with Crippen molar-refractivity contribution in [3.05, 3.63) is 93.6 Å². The second kappa shape index (κ2) is 42.3. The van der Waals surface area contributed by atoms with Crippen LogP contribution in [0.15, 0.2) is 66.6 Å². The maximum Gasteiger partial charge on any atom is 0.176 e. The molecule has 0 unspecified atom stereocenters. The van der Waals surface area contributed by atoms with E-state index in [0.717, 1.165) is 293 Å². The molecule has 3 N–H and O–H groups in total. The van der Waals surface area contributed by atoms with Gasteiger partial charge in [0.25, 0.3) is 0 Å². The van der Waals surface area contributed by atoms with Crippen molar-refractivity contribution < 1.29 is 47.3 Å². The van der Waals surface area contributed by atoms with Gasteiger partial charge in [0.15, 0.2) is 22.3 Å². The van der Waals surface area contributed by atoms with Gasteiger partial charge in [0.1, 0.15) is 23.0 Å². The van der Waals surface area contributed by atoms with E-state index < -0.39 is 0 Å². The van der Waals surface area contributed by atoms with Crippen molar-refractivity contribution in [2.75, 3.05) is 127 Å². The van der Waals surface area contributed by atoms with Gasteiger partial charge in [-0.3, -0.25) is 14.7 Å². The van der Waals surface area contributed by atoms with Crippen LogP contribution in [0.5, 0.6) is 23.0 Å². The molecule has 8 fully saturated rings. The van der Waals surface area contributed by atoms with E-state index in [4.69, 9.17) is 56.3 Å². The van der Waals surface area contributed by atoms with Gasteiger partial charge in [0, 0.05) is 34.6 Å². The highest BCUT2D eigenvalue weighted by molar-refractivity contribution is 5.87. The maximum absolute atomic E-state index is 9.82. The smallest absolute Gasteiger partial charge is 0.176 e. The van der Waals surface area contributed by atoms with Crippen LogP contribution in [0.1, 0.15) is 173 Å². The van der Waals surface area contributed by atoms with Gasteiger partial charge in [-0.05, 0) is 331 Å².